The summed E-state index contributed by atoms with van der Waals surface area (Å²) in [6.45, 7) is 6.17. The molecular formula is C16H24N2O. The Hall–Kier alpha value is -1.64. The minimum atomic E-state index is -0.00187. The Morgan fingerprint density at radius 2 is 1.84 bits per heavy atom. The number of hydrogen-bond donors (Lipinski definition) is 1. The summed E-state index contributed by atoms with van der Waals surface area (Å²) >= 11 is 0. The maximum Gasteiger partial charge on any atom is 0.240 e. The first-order chi connectivity index (χ1) is 9.17. The highest BCUT2D eigenvalue weighted by Gasteiger charge is 2.01. The summed E-state index contributed by atoms with van der Waals surface area (Å²) in [5, 5.41) is 4.15. The Morgan fingerprint density at radius 3 is 2.42 bits per heavy atom. The lowest BCUT2D eigenvalue weighted by Gasteiger charge is -2.04. The Kier molecular flexibility index (Phi) is 6.86. The van der Waals surface area contributed by atoms with Gasteiger partial charge in [0.05, 0.1) is 5.71 Å². The van der Waals surface area contributed by atoms with Crippen molar-refractivity contribution in [2.24, 2.45) is 5.10 Å². The van der Waals surface area contributed by atoms with E-state index in [0.717, 1.165) is 37.0 Å². The van der Waals surface area contributed by atoms with Crippen molar-refractivity contribution in [2.75, 3.05) is 0 Å². The van der Waals surface area contributed by atoms with E-state index in [1.165, 1.54) is 5.56 Å². The second kappa shape index (κ2) is 8.46. The molecule has 1 amide bonds. The second-order valence-electron chi connectivity index (χ2n) is 4.74. The molecular weight excluding hydrogens is 236 g/mol. The molecule has 1 N–H and O–H groups in total. The monoisotopic (exact) mass is 260 g/mol. The van der Waals surface area contributed by atoms with Crippen molar-refractivity contribution in [3.05, 3.63) is 35.4 Å². The third kappa shape index (κ3) is 5.69. The smallest absolute Gasteiger partial charge is 0.240 e. The van der Waals surface area contributed by atoms with Gasteiger partial charge in [-0.05, 0) is 30.9 Å². The van der Waals surface area contributed by atoms with Crippen molar-refractivity contribution in [2.45, 2.75) is 52.9 Å². The van der Waals surface area contributed by atoms with Gasteiger partial charge in [0.15, 0.2) is 0 Å². The molecule has 0 heterocycles. The average Bonchev–Trinajstić information content (AvgIpc) is 2.45. The second-order valence-corrected chi connectivity index (χ2v) is 4.74. The van der Waals surface area contributed by atoms with Crippen LogP contribution in [0.2, 0.25) is 0 Å². The molecule has 19 heavy (non-hydrogen) atoms. The van der Waals surface area contributed by atoms with Crippen LogP contribution < -0.4 is 5.43 Å². The molecule has 104 valence electrons. The molecule has 1 rings (SSSR count). The summed E-state index contributed by atoms with van der Waals surface area (Å²) in [5.74, 6) is -0.00187. The molecule has 0 unspecified atom stereocenters. The highest BCUT2D eigenvalue weighted by Crippen LogP contribution is 2.06. The molecule has 0 aliphatic heterocycles. The number of aryl methyl sites for hydroxylation is 1. The van der Waals surface area contributed by atoms with Gasteiger partial charge >= 0.3 is 0 Å². The lowest BCUT2D eigenvalue weighted by atomic mass is 10.1. The van der Waals surface area contributed by atoms with Gasteiger partial charge in [-0.25, -0.2) is 5.43 Å². The highest BCUT2D eigenvalue weighted by atomic mass is 16.2. The van der Waals surface area contributed by atoms with Crippen LogP contribution >= 0.6 is 0 Å². The van der Waals surface area contributed by atoms with Crippen molar-refractivity contribution in [1.82, 2.24) is 5.43 Å². The zero-order chi connectivity index (χ0) is 14.1. The zero-order valence-corrected chi connectivity index (χ0v) is 12.2. The third-order valence-electron chi connectivity index (χ3n) is 3.14. The normalized spacial score (nSPS) is 11.4. The largest absolute Gasteiger partial charge is 0.273 e. The molecule has 3 nitrogen and oxygen atoms in total. The van der Waals surface area contributed by atoms with Crippen LogP contribution in [-0.2, 0) is 11.2 Å². The molecule has 0 radical (unpaired) electrons. The highest BCUT2D eigenvalue weighted by molar-refractivity contribution is 5.99. The Bertz CT molecular complexity index is 421. The van der Waals surface area contributed by atoms with E-state index in [1.54, 1.807) is 0 Å². The molecule has 0 spiro atoms. The maximum atomic E-state index is 11.5. The molecule has 0 aliphatic rings. The number of hydrogen-bond acceptors (Lipinski definition) is 2. The summed E-state index contributed by atoms with van der Waals surface area (Å²) in [7, 11) is 0. The van der Waals surface area contributed by atoms with Crippen molar-refractivity contribution in [1.29, 1.82) is 0 Å². The molecule has 3 heteroatoms. The number of carbonyl (C=O) groups is 1. The molecule has 0 bridgehead atoms. The molecule has 0 saturated carbocycles. The van der Waals surface area contributed by atoms with E-state index in [2.05, 4.69) is 36.5 Å². The lowest BCUT2D eigenvalue weighted by Crippen LogP contribution is -2.18. The number of carbonyl (C=O) groups excluding carboxylic acids is 1. The number of benzene rings is 1. The number of rotatable bonds is 7. The van der Waals surface area contributed by atoms with E-state index in [0.29, 0.717) is 6.42 Å². The summed E-state index contributed by atoms with van der Waals surface area (Å²) in [4.78, 5) is 11.5. The van der Waals surface area contributed by atoms with Gasteiger partial charge in [-0.3, -0.25) is 4.79 Å². The van der Waals surface area contributed by atoms with Gasteiger partial charge in [-0.1, -0.05) is 51.0 Å². The fraction of sp³-hybridized carbons (Fsp3) is 0.500. The molecule has 0 aliphatic carbocycles. The topological polar surface area (TPSA) is 41.5 Å². The van der Waals surface area contributed by atoms with E-state index >= 15 is 0 Å². The number of amides is 1. The van der Waals surface area contributed by atoms with Gasteiger partial charge in [-0.15, -0.1) is 0 Å². The van der Waals surface area contributed by atoms with E-state index < -0.39 is 0 Å². The fourth-order valence-electron chi connectivity index (χ4n) is 1.78. The van der Waals surface area contributed by atoms with Gasteiger partial charge in [0.2, 0.25) is 5.91 Å². The third-order valence-corrected chi connectivity index (χ3v) is 3.14. The van der Waals surface area contributed by atoms with Crippen LogP contribution in [0.15, 0.2) is 29.4 Å². The van der Waals surface area contributed by atoms with Crippen LogP contribution in [0.5, 0.6) is 0 Å². The first-order valence-corrected chi connectivity index (χ1v) is 7.09. The predicted octanol–water partition coefficient (Wildman–Crippen LogP) is 3.67. The Balaban J connectivity index is 2.49. The summed E-state index contributed by atoms with van der Waals surface area (Å²) < 4.78 is 0. The van der Waals surface area contributed by atoms with Crippen LogP contribution in [0.3, 0.4) is 0 Å². The van der Waals surface area contributed by atoms with Gasteiger partial charge in [0.25, 0.3) is 0 Å². The summed E-state index contributed by atoms with van der Waals surface area (Å²) in [5.41, 5.74) is 5.81. The maximum absolute atomic E-state index is 11.5. The molecule has 1 aromatic carbocycles. The number of nitrogens with zero attached hydrogens (tertiary/aromatic N) is 1. The van der Waals surface area contributed by atoms with Crippen molar-refractivity contribution in [3.8, 4) is 0 Å². The first kappa shape index (κ1) is 15.4. The van der Waals surface area contributed by atoms with Crippen LogP contribution in [0, 0.1) is 0 Å². The van der Waals surface area contributed by atoms with E-state index in [4.69, 9.17) is 0 Å². The number of unbranched alkanes of at least 4 members (excludes halogenated alkanes) is 2. The zero-order valence-electron chi connectivity index (χ0n) is 12.2. The minimum Gasteiger partial charge on any atom is -0.273 e. The van der Waals surface area contributed by atoms with Crippen molar-refractivity contribution in [3.63, 3.8) is 0 Å². The quantitative estimate of drug-likeness (QED) is 0.453. The number of hydrazone groups is 1. The van der Waals surface area contributed by atoms with E-state index in [9.17, 15) is 4.79 Å². The van der Waals surface area contributed by atoms with Crippen molar-refractivity contribution < 1.29 is 4.79 Å². The van der Waals surface area contributed by atoms with Crippen LogP contribution in [-0.4, -0.2) is 11.6 Å². The molecule has 0 saturated heterocycles. The average molecular weight is 260 g/mol. The van der Waals surface area contributed by atoms with Crippen LogP contribution in [0.4, 0.5) is 0 Å². The summed E-state index contributed by atoms with van der Waals surface area (Å²) in [6, 6.07) is 8.27. The Labute approximate surface area is 116 Å². The van der Waals surface area contributed by atoms with Gasteiger partial charge in [0, 0.05) is 6.42 Å². The summed E-state index contributed by atoms with van der Waals surface area (Å²) in [6.07, 6.45) is 4.74. The van der Waals surface area contributed by atoms with Gasteiger partial charge in [0.1, 0.15) is 0 Å². The van der Waals surface area contributed by atoms with Gasteiger partial charge < -0.3 is 0 Å². The predicted molar refractivity (Wildman–Crippen MR) is 80.3 cm³/mol. The Morgan fingerprint density at radius 1 is 1.16 bits per heavy atom. The van der Waals surface area contributed by atoms with Crippen molar-refractivity contribution >= 4 is 11.6 Å². The SMILES string of the molecule is CCCCCC(=O)NN=C(C)c1ccc(CC)cc1. The molecule has 0 aromatic heterocycles. The standard InChI is InChI=1S/C16H24N2O/c1-4-6-7-8-16(19)18-17-13(3)15-11-9-14(5-2)10-12-15/h9-12H,4-8H2,1-3H3,(H,18,19). The molecule has 0 atom stereocenters. The first-order valence-electron chi connectivity index (χ1n) is 7.09. The van der Waals surface area contributed by atoms with Crippen LogP contribution in [0.25, 0.3) is 0 Å². The van der Waals surface area contributed by atoms with Crippen LogP contribution in [0.1, 0.15) is 57.6 Å². The fourth-order valence-corrected chi connectivity index (χ4v) is 1.78. The minimum absolute atomic E-state index is 0.00187. The number of nitrogens with one attached hydrogen (secondary N) is 1. The van der Waals surface area contributed by atoms with E-state index in [-0.39, 0.29) is 5.91 Å². The lowest BCUT2D eigenvalue weighted by molar-refractivity contribution is -0.121. The van der Waals surface area contributed by atoms with E-state index in [1.807, 2.05) is 19.1 Å². The van der Waals surface area contributed by atoms with Gasteiger partial charge in [-0.2, -0.15) is 5.10 Å². The molecule has 0 fully saturated rings. The molecule has 1 aromatic rings.